The summed E-state index contributed by atoms with van der Waals surface area (Å²) in [4.78, 5) is 12.4. The Morgan fingerprint density at radius 3 is 2.96 bits per heavy atom. The minimum absolute atomic E-state index is 0.0237. The molecule has 1 saturated carbocycles. The smallest absolute Gasteiger partial charge is 0.231 e. The fraction of sp³-hybridized carbons (Fsp3) is 0.611. The third-order valence-corrected chi connectivity index (χ3v) is 4.68. The number of benzene rings is 1. The van der Waals surface area contributed by atoms with Crippen molar-refractivity contribution in [2.45, 2.75) is 37.8 Å². The monoisotopic (exact) mass is 333 g/mol. The van der Waals surface area contributed by atoms with E-state index in [2.05, 4.69) is 5.32 Å². The van der Waals surface area contributed by atoms with E-state index in [0.717, 1.165) is 30.3 Å². The largest absolute Gasteiger partial charge is 0.454 e. The molecule has 0 aromatic heterocycles. The molecule has 3 aliphatic rings. The minimum Gasteiger partial charge on any atom is -0.454 e. The summed E-state index contributed by atoms with van der Waals surface area (Å²) in [5.74, 6) is 2.13. The molecule has 1 aliphatic carbocycles. The first kappa shape index (κ1) is 15.7. The zero-order chi connectivity index (χ0) is 16.4. The zero-order valence-corrected chi connectivity index (χ0v) is 13.7. The van der Waals surface area contributed by atoms with Crippen LogP contribution in [0.5, 0.6) is 11.5 Å². The highest BCUT2D eigenvalue weighted by Gasteiger charge is 2.30. The highest BCUT2D eigenvalue weighted by Crippen LogP contribution is 2.32. The van der Waals surface area contributed by atoms with Gasteiger partial charge in [0.05, 0.1) is 25.2 Å². The molecule has 1 aromatic rings. The SMILES string of the molecule is O=C(Cc1ccc2c(c1)OCO2)NC1COCCC1OCC1CC1. The molecule has 130 valence electrons. The number of carbonyl (C=O) groups is 1. The van der Waals surface area contributed by atoms with E-state index in [0.29, 0.717) is 25.4 Å². The average Bonchev–Trinajstić information content (AvgIpc) is 3.30. The van der Waals surface area contributed by atoms with Crippen molar-refractivity contribution in [3.05, 3.63) is 23.8 Å². The summed E-state index contributed by atoms with van der Waals surface area (Å²) in [5, 5.41) is 3.07. The first-order valence-corrected chi connectivity index (χ1v) is 8.65. The van der Waals surface area contributed by atoms with E-state index in [9.17, 15) is 4.79 Å². The molecule has 1 aromatic carbocycles. The first-order chi connectivity index (χ1) is 11.8. The number of amides is 1. The van der Waals surface area contributed by atoms with Gasteiger partial charge in [0.1, 0.15) is 0 Å². The predicted molar refractivity (Wildman–Crippen MR) is 86.1 cm³/mol. The summed E-state index contributed by atoms with van der Waals surface area (Å²) < 4.78 is 22.2. The van der Waals surface area contributed by atoms with Gasteiger partial charge in [-0.3, -0.25) is 4.79 Å². The Kier molecular flexibility index (Phi) is 4.58. The Morgan fingerprint density at radius 2 is 2.08 bits per heavy atom. The van der Waals surface area contributed by atoms with Crippen LogP contribution in [0.15, 0.2) is 18.2 Å². The summed E-state index contributed by atoms with van der Waals surface area (Å²) in [5.41, 5.74) is 0.906. The van der Waals surface area contributed by atoms with Crippen LogP contribution < -0.4 is 14.8 Å². The van der Waals surface area contributed by atoms with Crippen LogP contribution in [0.4, 0.5) is 0 Å². The lowest BCUT2D eigenvalue weighted by Gasteiger charge is -2.32. The van der Waals surface area contributed by atoms with Crippen molar-refractivity contribution < 1.29 is 23.7 Å². The molecule has 0 radical (unpaired) electrons. The van der Waals surface area contributed by atoms with Gasteiger partial charge in [0.15, 0.2) is 11.5 Å². The summed E-state index contributed by atoms with van der Waals surface area (Å²) in [6, 6.07) is 5.53. The molecule has 2 fully saturated rings. The van der Waals surface area contributed by atoms with E-state index in [4.69, 9.17) is 18.9 Å². The molecular formula is C18H23NO5. The second-order valence-corrected chi connectivity index (χ2v) is 6.72. The highest BCUT2D eigenvalue weighted by atomic mass is 16.7. The quantitative estimate of drug-likeness (QED) is 0.858. The topological polar surface area (TPSA) is 66.0 Å². The van der Waals surface area contributed by atoms with E-state index in [1.165, 1.54) is 12.8 Å². The van der Waals surface area contributed by atoms with Gasteiger partial charge in [-0.05, 0) is 42.9 Å². The molecule has 2 heterocycles. The van der Waals surface area contributed by atoms with Gasteiger partial charge in [-0.2, -0.15) is 0 Å². The van der Waals surface area contributed by atoms with Gasteiger partial charge in [-0.25, -0.2) is 0 Å². The molecule has 1 amide bonds. The fourth-order valence-electron chi connectivity index (χ4n) is 3.09. The van der Waals surface area contributed by atoms with Crippen molar-refractivity contribution in [1.29, 1.82) is 0 Å². The number of carbonyl (C=O) groups excluding carboxylic acids is 1. The molecular weight excluding hydrogens is 310 g/mol. The van der Waals surface area contributed by atoms with E-state index in [-0.39, 0.29) is 24.8 Å². The van der Waals surface area contributed by atoms with Crippen LogP contribution in [0.1, 0.15) is 24.8 Å². The summed E-state index contributed by atoms with van der Waals surface area (Å²) in [6.07, 6.45) is 3.74. The number of ether oxygens (including phenoxy) is 4. The molecule has 2 unspecified atom stereocenters. The Labute approximate surface area is 141 Å². The van der Waals surface area contributed by atoms with Gasteiger partial charge in [0, 0.05) is 13.2 Å². The van der Waals surface area contributed by atoms with Crippen LogP contribution in [0.25, 0.3) is 0 Å². The molecule has 2 atom stereocenters. The summed E-state index contributed by atoms with van der Waals surface area (Å²) in [7, 11) is 0. The molecule has 6 heteroatoms. The van der Waals surface area contributed by atoms with Crippen molar-refractivity contribution in [1.82, 2.24) is 5.32 Å². The van der Waals surface area contributed by atoms with Gasteiger partial charge in [0.25, 0.3) is 0 Å². The van der Waals surface area contributed by atoms with Crippen LogP contribution in [-0.4, -0.2) is 44.7 Å². The molecule has 24 heavy (non-hydrogen) atoms. The van der Waals surface area contributed by atoms with Crippen molar-refractivity contribution in [2.24, 2.45) is 5.92 Å². The van der Waals surface area contributed by atoms with Gasteiger partial charge >= 0.3 is 0 Å². The molecule has 0 spiro atoms. The third-order valence-electron chi connectivity index (χ3n) is 4.68. The van der Waals surface area contributed by atoms with E-state index in [1.807, 2.05) is 18.2 Å². The van der Waals surface area contributed by atoms with E-state index < -0.39 is 0 Å². The summed E-state index contributed by atoms with van der Waals surface area (Å²) >= 11 is 0. The van der Waals surface area contributed by atoms with Crippen LogP contribution in [-0.2, 0) is 20.7 Å². The second-order valence-electron chi connectivity index (χ2n) is 6.72. The maximum absolute atomic E-state index is 12.4. The lowest BCUT2D eigenvalue weighted by atomic mass is 10.1. The van der Waals surface area contributed by atoms with E-state index >= 15 is 0 Å². The highest BCUT2D eigenvalue weighted by molar-refractivity contribution is 5.79. The van der Waals surface area contributed by atoms with Crippen molar-refractivity contribution in [3.63, 3.8) is 0 Å². The van der Waals surface area contributed by atoms with Crippen molar-refractivity contribution >= 4 is 5.91 Å². The number of fused-ring (bicyclic) bond motifs is 1. The first-order valence-electron chi connectivity index (χ1n) is 8.65. The molecule has 6 nitrogen and oxygen atoms in total. The Balaban J connectivity index is 1.31. The molecule has 2 aliphatic heterocycles. The van der Waals surface area contributed by atoms with Crippen LogP contribution in [0.2, 0.25) is 0 Å². The van der Waals surface area contributed by atoms with Crippen molar-refractivity contribution in [2.75, 3.05) is 26.6 Å². The number of rotatable bonds is 6. The van der Waals surface area contributed by atoms with Gasteiger partial charge in [-0.15, -0.1) is 0 Å². The maximum atomic E-state index is 12.4. The predicted octanol–water partition coefficient (Wildman–Crippen LogP) is 1.66. The van der Waals surface area contributed by atoms with Crippen LogP contribution >= 0.6 is 0 Å². The van der Waals surface area contributed by atoms with Crippen LogP contribution in [0, 0.1) is 5.92 Å². The Morgan fingerprint density at radius 1 is 1.21 bits per heavy atom. The van der Waals surface area contributed by atoms with Crippen LogP contribution in [0.3, 0.4) is 0 Å². The third kappa shape index (κ3) is 3.82. The van der Waals surface area contributed by atoms with Crippen molar-refractivity contribution in [3.8, 4) is 11.5 Å². The van der Waals surface area contributed by atoms with Gasteiger partial charge < -0.3 is 24.3 Å². The van der Waals surface area contributed by atoms with E-state index in [1.54, 1.807) is 0 Å². The number of hydrogen-bond acceptors (Lipinski definition) is 5. The number of nitrogens with one attached hydrogen (secondary N) is 1. The van der Waals surface area contributed by atoms with Gasteiger partial charge in [0.2, 0.25) is 12.7 Å². The zero-order valence-electron chi connectivity index (χ0n) is 13.7. The minimum atomic E-state index is -0.0704. The lowest BCUT2D eigenvalue weighted by Crippen LogP contribution is -2.51. The fourth-order valence-corrected chi connectivity index (χ4v) is 3.09. The molecule has 4 rings (SSSR count). The molecule has 0 bridgehead atoms. The Hall–Kier alpha value is -1.79. The second kappa shape index (κ2) is 6.99. The average molecular weight is 333 g/mol. The Bertz CT molecular complexity index is 601. The standard InChI is InChI=1S/C18H23NO5/c20-18(8-13-3-4-16-17(7-13)24-11-23-16)19-14-10-21-6-5-15(14)22-9-12-1-2-12/h3-4,7,12,14-15H,1-2,5-6,8-11H2,(H,19,20). The molecule has 1 N–H and O–H groups in total. The molecule has 1 saturated heterocycles. The summed E-state index contributed by atoms with van der Waals surface area (Å²) in [6.45, 7) is 2.26. The number of hydrogen-bond donors (Lipinski definition) is 1. The maximum Gasteiger partial charge on any atom is 0.231 e. The normalized spacial score (nSPS) is 25.5. The lowest BCUT2D eigenvalue weighted by molar-refractivity contribution is -0.125. The van der Waals surface area contributed by atoms with Gasteiger partial charge in [-0.1, -0.05) is 6.07 Å².